The number of amides is 1. The number of nitrogens with two attached hydrogens (primary N) is 2. The van der Waals surface area contributed by atoms with Gasteiger partial charge in [-0.15, -0.1) is 0 Å². The SMILES string of the molecule is COc1cc(-c2cc(N3CCC(N)CC3)n3ccnc(N)c23)ccc1NC(=O)OC(C)(C)C. The van der Waals surface area contributed by atoms with Crippen LogP contribution < -0.4 is 26.4 Å². The van der Waals surface area contributed by atoms with E-state index < -0.39 is 11.7 Å². The van der Waals surface area contributed by atoms with Crippen molar-refractivity contribution in [3.05, 3.63) is 36.7 Å². The Bertz CT molecular complexity index is 1160. The van der Waals surface area contributed by atoms with Gasteiger partial charge in [-0.3, -0.25) is 9.72 Å². The zero-order chi connectivity index (χ0) is 23.8. The molecule has 0 atom stereocenters. The van der Waals surface area contributed by atoms with Crippen molar-refractivity contribution >= 4 is 28.9 Å². The lowest BCUT2D eigenvalue weighted by atomic mass is 10.0. The predicted molar refractivity (Wildman–Crippen MR) is 131 cm³/mol. The second kappa shape index (κ2) is 8.82. The van der Waals surface area contributed by atoms with E-state index >= 15 is 0 Å². The largest absolute Gasteiger partial charge is 0.495 e. The second-order valence-electron chi connectivity index (χ2n) is 9.31. The van der Waals surface area contributed by atoms with Crippen LogP contribution in [0.25, 0.3) is 16.6 Å². The highest BCUT2D eigenvalue weighted by molar-refractivity contribution is 5.93. The van der Waals surface area contributed by atoms with Gasteiger partial charge in [0.2, 0.25) is 0 Å². The molecule has 0 aliphatic carbocycles. The van der Waals surface area contributed by atoms with Gasteiger partial charge < -0.3 is 25.8 Å². The van der Waals surface area contributed by atoms with E-state index in [1.807, 2.05) is 39.1 Å². The molecule has 1 aliphatic heterocycles. The average molecular weight is 453 g/mol. The van der Waals surface area contributed by atoms with E-state index in [2.05, 4.69) is 25.7 Å². The predicted octanol–water partition coefficient (Wildman–Crippen LogP) is 3.87. The van der Waals surface area contributed by atoms with Gasteiger partial charge in [-0.25, -0.2) is 9.78 Å². The lowest BCUT2D eigenvalue weighted by Gasteiger charge is -2.31. The van der Waals surface area contributed by atoms with E-state index in [9.17, 15) is 4.79 Å². The molecule has 176 valence electrons. The molecule has 9 nitrogen and oxygen atoms in total. The summed E-state index contributed by atoms with van der Waals surface area (Å²) in [6.45, 7) is 7.22. The van der Waals surface area contributed by atoms with Crippen LogP contribution in [-0.4, -0.2) is 47.3 Å². The van der Waals surface area contributed by atoms with Crippen LogP contribution in [0.1, 0.15) is 33.6 Å². The molecule has 0 bridgehead atoms. The van der Waals surface area contributed by atoms with Gasteiger partial charge in [-0.2, -0.15) is 0 Å². The smallest absolute Gasteiger partial charge is 0.412 e. The third-order valence-corrected chi connectivity index (χ3v) is 5.70. The lowest BCUT2D eigenvalue weighted by molar-refractivity contribution is 0.0635. The molecular weight excluding hydrogens is 420 g/mol. The lowest BCUT2D eigenvalue weighted by Crippen LogP contribution is -2.40. The minimum atomic E-state index is -0.595. The first-order valence-corrected chi connectivity index (χ1v) is 11.1. The first-order valence-electron chi connectivity index (χ1n) is 11.1. The van der Waals surface area contributed by atoms with E-state index in [1.165, 1.54) is 0 Å². The second-order valence-corrected chi connectivity index (χ2v) is 9.31. The van der Waals surface area contributed by atoms with Crippen LogP contribution in [0, 0.1) is 0 Å². The third kappa shape index (κ3) is 4.83. The van der Waals surface area contributed by atoms with Gasteiger partial charge in [0.1, 0.15) is 23.0 Å². The van der Waals surface area contributed by atoms with Crippen molar-refractivity contribution in [1.29, 1.82) is 0 Å². The molecule has 33 heavy (non-hydrogen) atoms. The number of anilines is 3. The molecular formula is C24H32N6O3. The quantitative estimate of drug-likeness (QED) is 0.550. The van der Waals surface area contributed by atoms with Crippen molar-refractivity contribution < 1.29 is 14.3 Å². The molecule has 5 N–H and O–H groups in total. The monoisotopic (exact) mass is 452 g/mol. The number of carbonyl (C=O) groups excluding carboxylic acids is 1. The number of carbonyl (C=O) groups is 1. The number of benzene rings is 1. The molecule has 0 radical (unpaired) electrons. The van der Waals surface area contributed by atoms with Crippen LogP contribution in [0.3, 0.4) is 0 Å². The standard InChI is InChI=1S/C24H32N6O3/c1-24(2,3)33-23(31)28-18-6-5-15(13-19(18)32-4)17-14-20(29-10-7-16(25)8-11-29)30-12-9-27-22(26)21(17)30/h5-6,9,12-14,16H,7-8,10-11,25H2,1-4H3,(H2,26,27)(H,28,31). The molecule has 1 saturated heterocycles. The summed E-state index contributed by atoms with van der Waals surface area (Å²) in [4.78, 5) is 18.9. The van der Waals surface area contributed by atoms with Crippen LogP contribution in [0.5, 0.6) is 5.75 Å². The Balaban J connectivity index is 1.72. The van der Waals surface area contributed by atoms with Gasteiger partial charge in [-0.1, -0.05) is 6.07 Å². The Labute approximate surface area is 193 Å². The minimum Gasteiger partial charge on any atom is -0.495 e. The van der Waals surface area contributed by atoms with E-state index in [0.29, 0.717) is 17.3 Å². The number of hydrogen-bond acceptors (Lipinski definition) is 7. The van der Waals surface area contributed by atoms with Crippen LogP contribution in [-0.2, 0) is 4.74 Å². The van der Waals surface area contributed by atoms with Crippen LogP contribution >= 0.6 is 0 Å². The Kier molecular flexibility index (Phi) is 6.07. The maximum Gasteiger partial charge on any atom is 0.412 e. The molecule has 1 fully saturated rings. The fraction of sp³-hybridized carbons (Fsp3) is 0.417. The summed E-state index contributed by atoms with van der Waals surface area (Å²) in [5.74, 6) is 2.02. The number of aromatic nitrogens is 2. The molecule has 0 spiro atoms. The summed E-state index contributed by atoms with van der Waals surface area (Å²) in [6, 6.07) is 7.97. The van der Waals surface area contributed by atoms with Crippen LogP contribution in [0.2, 0.25) is 0 Å². The molecule has 2 aromatic heterocycles. The third-order valence-electron chi connectivity index (χ3n) is 5.70. The van der Waals surface area contributed by atoms with Gasteiger partial charge in [-0.05, 0) is 57.4 Å². The normalized spacial score (nSPS) is 15.0. The average Bonchev–Trinajstić information content (AvgIpc) is 3.14. The van der Waals surface area contributed by atoms with Crippen molar-refractivity contribution in [2.24, 2.45) is 5.73 Å². The molecule has 3 heterocycles. The van der Waals surface area contributed by atoms with E-state index in [1.54, 1.807) is 19.4 Å². The highest BCUT2D eigenvalue weighted by atomic mass is 16.6. The molecule has 1 aliphatic rings. The number of fused-ring (bicyclic) bond motifs is 1. The molecule has 0 saturated carbocycles. The summed E-state index contributed by atoms with van der Waals surface area (Å²) in [6.07, 6.45) is 4.99. The summed E-state index contributed by atoms with van der Waals surface area (Å²) >= 11 is 0. The van der Waals surface area contributed by atoms with Crippen molar-refractivity contribution in [2.75, 3.05) is 36.1 Å². The Hall–Kier alpha value is -3.46. The highest BCUT2D eigenvalue weighted by Gasteiger charge is 2.23. The number of ether oxygens (including phenoxy) is 2. The van der Waals surface area contributed by atoms with Gasteiger partial charge in [0.25, 0.3) is 0 Å². The highest BCUT2D eigenvalue weighted by Crippen LogP contribution is 2.38. The number of methoxy groups -OCH3 is 1. The molecule has 1 aromatic carbocycles. The van der Waals surface area contributed by atoms with Gasteiger partial charge >= 0.3 is 6.09 Å². The number of nitrogens with zero attached hydrogens (tertiary/aromatic N) is 3. The fourth-order valence-corrected chi connectivity index (χ4v) is 4.13. The van der Waals surface area contributed by atoms with Crippen LogP contribution in [0.15, 0.2) is 36.7 Å². The van der Waals surface area contributed by atoms with E-state index in [0.717, 1.165) is 48.4 Å². The Morgan fingerprint density at radius 1 is 1.21 bits per heavy atom. The van der Waals surface area contributed by atoms with Crippen molar-refractivity contribution in [1.82, 2.24) is 9.38 Å². The number of hydrogen-bond donors (Lipinski definition) is 3. The maximum atomic E-state index is 12.2. The fourth-order valence-electron chi connectivity index (χ4n) is 4.13. The number of nitrogens with one attached hydrogen (secondary N) is 1. The zero-order valence-corrected chi connectivity index (χ0v) is 19.6. The topological polar surface area (TPSA) is 120 Å². The summed E-state index contributed by atoms with van der Waals surface area (Å²) in [5.41, 5.74) is 15.0. The number of piperidine rings is 1. The number of rotatable bonds is 4. The molecule has 3 aromatic rings. The molecule has 9 heteroatoms. The van der Waals surface area contributed by atoms with Gasteiger partial charge in [0.15, 0.2) is 0 Å². The molecule has 1 amide bonds. The van der Waals surface area contributed by atoms with Crippen molar-refractivity contribution in [2.45, 2.75) is 45.3 Å². The Morgan fingerprint density at radius 3 is 2.61 bits per heavy atom. The van der Waals surface area contributed by atoms with Gasteiger partial charge in [0.05, 0.1) is 18.3 Å². The zero-order valence-electron chi connectivity index (χ0n) is 19.6. The van der Waals surface area contributed by atoms with E-state index in [4.69, 9.17) is 20.9 Å². The molecule has 4 rings (SSSR count). The summed E-state index contributed by atoms with van der Waals surface area (Å²) < 4.78 is 13.0. The van der Waals surface area contributed by atoms with Crippen LogP contribution in [0.4, 0.5) is 22.1 Å². The number of nitrogen functional groups attached to an aromatic ring is 1. The maximum absolute atomic E-state index is 12.2. The first kappa shape index (κ1) is 22.7. The van der Waals surface area contributed by atoms with Gasteiger partial charge in [0, 0.05) is 37.1 Å². The molecule has 0 unspecified atom stereocenters. The summed E-state index contributed by atoms with van der Waals surface area (Å²) in [7, 11) is 1.57. The summed E-state index contributed by atoms with van der Waals surface area (Å²) in [5, 5.41) is 2.76. The van der Waals surface area contributed by atoms with E-state index in [-0.39, 0.29) is 6.04 Å². The minimum absolute atomic E-state index is 0.243. The first-order chi connectivity index (χ1) is 15.7. The van der Waals surface area contributed by atoms with Crippen molar-refractivity contribution in [3.8, 4) is 16.9 Å². The Morgan fingerprint density at radius 2 is 1.94 bits per heavy atom. The van der Waals surface area contributed by atoms with Crippen molar-refractivity contribution in [3.63, 3.8) is 0 Å².